The van der Waals surface area contributed by atoms with E-state index in [1.54, 1.807) is 11.3 Å². The summed E-state index contributed by atoms with van der Waals surface area (Å²) in [5.74, 6) is 1.65. The Morgan fingerprint density at radius 2 is 2.30 bits per heavy atom. The summed E-state index contributed by atoms with van der Waals surface area (Å²) >= 11 is 1.70. The Labute approximate surface area is 124 Å². The second kappa shape index (κ2) is 6.02. The maximum Gasteiger partial charge on any atom is 0.169 e. The van der Waals surface area contributed by atoms with Gasteiger partial charge in [0.05, 0.1) is 10.6 Å². The van der Waals surface area contributed by atoms with E-state index in [0.29, 0.717) is 0 Å². The van der Waals surface area contributed by atoms with Crippen LogP contribution in [0.4, 0.5) is 0 Å². The minimum absolute atomic E-state index is 0.767. The molecule has 1 aliphatic rings. The van der Waals surface area contributed by atoms with Gasteiger partial charge in [0.2, 0.25) is 0 Å². The fourth-order valence-corrected chi connectivity index (χ4v) is 3.18. The number of hydrogen-bond donors (Lipinski definition) is 0. The summed E-state index contributed by atoms with van der Waals surface area (Å²) in [7, 11) is 0. The zero-order chi connectivity index (χ0) is 13.9. The number of rotatable bonds is 4. The molecule has 0 aliphatic carbocycles. The molecule has 0 amide bonds. The number of nitrogens with zero attached hydrogens (tertiary/aromatic N) is 3. The highest BCUT2D eigenvalue weighted by Gasteiger charge is 2.18. The van der Waals surface area contributed by atoms with Gasteiger partial charge in [-0.25, -0.2) is 9.97 Å². The van der Waals surface area contributed by atoms with Gasteiger partial charge in [0, 0.05) is 19.3 Å². The van der Waals surface area contributed by atoms with Crippen molar-refractivity contribution in [2.75, 3.05) is 13.1 Å². The van der Waals surface area contributed by atoms with E-state index in [9.17, 15) is 0 Å². The number of aromatic nitrogens is 2. The maximum atomic E-state index is 4.79. The predicted molar refractivity (Wildman–Crippen MR) is 83.8 cm³/mol. The zero-order valence-electron chi connectivity index (χ0n) is 12.2. The summed E-state index contributed by atoms with van der Waals surface area (Å²) in [5, 5.41) is 2.08. The smallest absolute Gasteiger partial charge is 0.169 e. The molecule has 4 heteroatoms. The van der Waals surface area contributed by atoms with Gasteiger partial charge in [0.25, 0.3) is 0 Å². The van der Waals surface area contributed by atoms with Crippen molar-refractivity contribution in [3.05, 3.63) is 35.0 Å². The SMILES string of the molecule is CC(C)CCN1CCc2cnc(-c3cccs3)nc2C1. The van der Waals surface area contributed by atoms with Crippen LogP contribution in [-0.4, -0.2) is 28.0 Å². The lowest BCUT2D eigenvalue weighted by molar-refractivity contribution is 0.235. The molecule has 0 saturated carbocycles. The van der Waals surface area contributed by atoms with E-state index in [2.05, 4.69) is 41.2 Å². The third-order valence-corrected chi connectivity index (χ3v) is 4.65. The van der Waals surface area contributed by atoms with Gasteiger partial charge in [-0.1, -0.05) is 19.9 Å². The van der Waals surface area contributed by atoms with Crippen molar-refractivity contribution in [2.45, 2.75) is 33.2 Å². The molecule has 0 atom stereocenters. The third kappa shape index (κ3) is 3.07. The van der Waals surface area contributed by atoms with Crippen molar-refractivity contribution >= 4 is 11.3 Å². The lowest BCUT2D eigenvalue weighted by atomic mass is 10.1. The monoisotopic (exact) mass is 287 g/mol. The predicted octanol–water partition coefficient (Wildman–Crippen LogP) is 3.61. The standard InChI is InChI=1S/C16H21N3S/c1-12(2)5-7-19-8-6-13-10-17-16(18-14(13)11-19)15-4-3-9-20-15/h3-4,9-10,12H,5-8,11H2,1-2H3. The first-order valence-electron chi connectivity index (χ1n) is 7.33. The molecule has 0 aromatic carbocycles. The Morgan fingerprint density at radius 3 is 3.05 bits per heavy atom. The van der Waals surface area contributed by atoms with E-state index in [4.69, 9.17) is 4.98 Å². The van der Waals surface area contributed by atoms with Crippen molar-refractivity contribution in [2.24, 2.45) is 5.92 Å². The molecule has 1 aliphatic heterocycles. The summed E-state index contributed by atoms with van der Waals surface area (Å²) in [6, 6.07) is 4.14. The molecule has 106 valence electrons. The van der Waals surface area contributed by atoms with Crippen molar-refractivity contribution in [1.29, 1.82) is 0 Å². The molecule has 2 aromatic heterocycles. The largest absolute Gasteiger partial charge is 0.297 e. The molecule has 0 bridgehead atoms. The molecule has 2 aromatic rings. The molecule has 0 N–H and O–H groups in total. The second-order valence-corrected chi connectivity index (χ2v) is 6.80. The molecule has 3 heterocycles. The highest BCUT2D eigenvalue weighted by atomic mass is 32.1. The fourth-order valence-electron chi connectivity index (χ4n) is 2.51. The van der Waals surface area contributed by atoms with Crippen LogP contribution in [0.1, 0.15) is 31.5 Å². The van der Waals surface area contributed by atoms with Gasteiger partial charge < -0.3 is 0 Å². The van der Waals surface area contributed by atoms with Crippen LogP contribution in [-0.2, 0) is 13.0 Å². The van der Waals surface area contributed by atoms with Gasteiger partial charge in [-0.2, -0.15) is 0 Å². The molecule has 3 nitrogen and oxygen atoms in total. The van der Waals surface area contributed by atoms with Gasteiger partial charge in [0.1, 0.15) is 0 Å². The van der Waals surface area contributed by atoms with Crippen LogP contribution in [0, 0.1) is 5.92 Å². The Hall–Kier alpha value is -1.26. The molecular formula is C16H21N3S. The molecule has 3 rings (SSSR count). The van der Waals surface area contributed by atoms with Gasteiger partial charge in [-0.15, -0.1) is 11.3 Å². The van der Waals surface area contributed by atoms with E-state index >= 15 is 0 Å². The normalized spacial score (nSPS) is 15.6. The molecule has 0 unspecified atom stereocenters. The van der Waals surface area contributed by atoms with Crippen LogP contribution >= 0.6 is 11.3 Å². The first-order chi connectivity index (χ1) is 9.72. The van der Waals surface area contributed by atoms with Crippen LogP contribution in [0.5, 0.6) is 0 Å². The maximum absolute atomic E-state index is 4.79. The van der Waals surface area contributed by atoms with Crippen molar-refractivity contribution < 1.29 is 0 Å². The average molecular weight is 287 g/mol. The van der Waals surface area contributed by atoms with Crippen molar-refractivity contribution in [1.82, 2.24) is 14.9 Å². The third-order valence-electron chi connectivity index (χ3n) is 3.79. The van der Waals surface area contributed by atoms with Crippen LogP contribution in [0.3, 0.4) is 0 Å². The Bertz CT molecular complexity index is 563. The van der Waals surface area contributed by atoms with E-state index in [0.717, 1.165) is 36.1 Å². The van der Waals surface area contributed by atoms with E-state index < -0.39 is 0 Å². The molecule has 0 radical (unpaired) electrons. The number of thiophene rings is 1. The molecule has 20 heavy (non-hydrogen) atoms. The van der Waals surface area contributed by atoms with Crippen molar-refractivity contribution in [3.63, 3.8) is 0 Å². The molecule has 0 spiro atoms. The van der Waals surface area contributed by atoms with Gasteiger partial charge in [-0.3, -0.25) is 4.90 Å². The van der Waals surface area contributed by atoms with Crippen LogP contribution in [0.15, 0.2) is 23.7 Å². The lowest BCUT2D eigenvalue weighted by Gasteiger charge is -2.28. The highest BCUT2D eigenvalue weighted by Crippen LogP contribution is 2.24. The van der Waals surface area contributed by atoms with Crippen molar-refractivity contribution in [3.8, 4) is 10.7 Å². The summed E-state index contributed by atoms with van der Waals surface area (Å²) in [6.07, 6.45) is 4.37. The fraction of sp³-hybridized carbons (Fsp3) is 0.500. The topological polar surface area (TPSA) is 29.0 Å². The van der Waals surface area contributed by atoms with E-state index in [1.165, 1.54) is 24.2 Å². The average Bonchev–Trinajstić information content (AvgIpc) is 2.98. The second-order valence-electron chi connectivity index (χ2n) is 5.85. The Balaban J connectivity index is 1.76. The summed E-state index contributed by atoms with van der Waals surface area (Å²) in [5.41, 5.74) is 2.55. The minimum Gasteiger partial charge on any atom is -0.297 e. The zero-order valence-corrected chi connectivity index (χ0v) is 13.0. The number of hydrogen-bond acceptors (Lipinski definition) is 4. The van der Waals surface area contributed by atoms with Crippen LogP contribution in [0.25, 0.3) is 10.7 Å². The Kier molecular flexibility index (Phi) is 4.13. The Morgan fingerprint density at radius 1 is 1.40 bits per heavy atom. The van der Waals surface area contributed by atoms with Crippen LogP contribution in [0.2, 0.25) is 0 Å². The summed E-state index contributed by atoms with van der Waals surface area (Å²) in [4.78, 5) is 13.0. The summed E-state index contributed by atoms with van der Waals surface area (Å²) < 4.78 is 0. The van der Waals surface area contributed by atoms with E-state index in [-0.39, 0.29) is 0 Å². The van der Waals surface area contributed by atoms with Gasteiger partial charge in [0.15, 0.2) is 5.82 Å². The number of fused-ring (bicyclic) bond motifs is 1. The molecule has 0 fully saturated rings. The highest BCUT2D eigenvalue weighted by molar-refractivity contribution is 7.13. The lowest BCUT2D eigenvalue weighted by Crippen LogP contribution is -2.32. The first-order valence-corrected chi connectivity index (χ1v) is 8.21. The van der Waals surface area contributed by atoms with Gasteiger partial charge in [-0.05, 0) is 42.3 Å². The summed E-state index contributed by atoms with van der Waals surface area (Å²) in [6.45, 7) is 7.86. The van der Waals surface area contributed by atoms with Gasteiger partial charge >= 0.3 is 0 Å². The van der Waals surface area contributed by atoms with E-state index in [1.807, 2.05) is 6.20 Å². The molecule has 0 saturated heterocycles. The van der Waals surface area contributed by atoms with Crippen LogP contribution < -0.4 is 0 Å². The molecular weight excluding hydrogens is 266 g/mol. The minimum atomic E-state index is 0.767. The first kappa shape index (κ1) is 13.7. The quantitative estimate of drug-likeness (QED) is 0.860.